The van der Waals surface area contributed by atoms with E-state index in [4.69, 9.17) is 4.52 Å². The van der Waals surface area contributed by atoms with Gasteiger partial charge in [-0.05, 0) is 24.3 Å². The molecule has 0 atom stereocenters. The summed E-state index contributed by atoms with van der Waals surface area (Å²) in [5.41, 5.74) is 2.21. The largest absolute Gasteiger partial charge is 0.338 e. The summed E-state index contributed by atoms with van der Waals surface area (Å²) >= 11 is 2.90. The second-order valence-corrected chi connectivity index (χ2v) is 9.23. The highest BCUT2D eigenvalue weighted by Crippen LogP contribution is 2.36. The molecule has 0 spiro atoms. The SMILES string of the molecule is CC(=O)N(c1nnc(SCc2nc(-c3ccc(C(C)C)cc3)no2)s1)C1CC1. The van der Waals surface area contributed by atoms with E-state index in [9.17, 15) is 4.79 Å². The van der Waals surface area contributed by atoms with Crippen LogP contribution in [0.4, 0.5) is 5.13 Å². The van der Waals surface area contributed by atoms with Crippen LogP contribution in [0.25, 0.3) is 11.4 Å². The molecule has 4 rings (SSSR count). The first-order chi connectivity index (χ1) is 13.5. The summed E-state index contributed by atoms with van der Waals surface area (Å²) in [6.45, 7) is 5.90. The number of carbonyl (C=O) groups excluding carboxylic acids is 1. The number of hydrogen-bond donors (Lipinski definition) is 0. The van der Waals surface area contributed by atoms with Gasteiger partial charge >= 0.3 is 0 Å². The van der Waals surface area contributed by atoms with Gasteiger partial charge in [-0.15, -0.1) is 10.2 Å². The van der Waals surface area contributed by atoms with Crippen LogP contribution in [0.2, 0.25) is 0 Å². The molecule has 0 radical (unpaired) electrons. The number of rotatable bonds is 7. The minimum Gasteiger partial charge on any atom is -0.338 e. The maximum atomic E-state index is 11.8. The lowest BCUT2D eigenvalue weighted by molar-refractivity contribution is -0.116. The third-order valence-corrected chi connectivity index (χ3v) is 6.52. The highest BCUT2D eigenvalue weighted by Gasteiger charge is 2.34. The Balaban J connectivity index is 1.39. The molecular formula is C19H21N5O2S2. The fraction of sp³-hybridized carbons (Fsp3) is 0.421. The van der Waals surface area contributed by atoms with E-state index in [0.29, 0.717) is 28.5 Å². The molecule has 1 amide bonds. The van der Waals surface area contributed by atoms with E-state index in [0.717, 1.165) is 22.7 Å². The normalized spacial score (nSPS) is 13.9. The summed E-state index contributed by atoms with van der Waals surface area (Å²) < 4.78 is 6.15. The van der Waals surface area contributed by atoms with Gasteiger partial charge in [0.2, 0.25) is 22.8 Å². The van der Waals surface area contributed by atoms with Gasteiger partial charge in [0.25, 0.3) is 0 Å². The van der Waals surface area contributed by atoms with E-state index >= 15 is 0 Å². The van der Waals surface area contributed by atoms with Gasteiger partial charge in [-0.25, -0.2) is 0 Å². The number of amides is 1. The van der Waals surface area contributed by atoms with Crippen LogP contribution in [-0.4, -0.2) is 32.3 Å². The van der Waals surface area contributed by atoms with Crippen molar-refractivity contribution in [2.45, 2.75) is 55.7 Å². The van der Waals surface area contributed by atoms with Crippen LogP contribution in [-0.2, 0) is 10.5 Å². The van der Waals surface area contributed by atoms with Gasteiger partial charge in [-0.3, -0.25) is 9.69 Å². The number of carbonyl (C=O) groups is 1. The van der Waals surface area contributed by atoms with E-state index in [2.05, 4.69) is 46.3 Å². The summed E-state index contributed by atoms with van der Waals surface area (Å²) in [5, 5.41) is 13.1. The van der Waals surface area contributed by atoms with Gasteiger partial charge < -0.3 is 4.52 Å². The highest BCUT2D eigenvalue weighted by atomic mass is 32.2. The van der Waals surface area contributed by atoms with Crippen LogP contribution in [0.5, 0.6) is 0 Å². The molecule has 0 saturated heterocycles. The van der Waals surface area contributed by atoms with E-state index in [1.165, 1.54) is 28.7 Å². The lowest BCUT2D eigenvalue weighted by atomic mass is 10.0. The Morgan fingerprint density at radius 2 is 2.04 bits per heavy atom. The van der Waals surface area contributed by atoms with Crippen LogP contribution >= 0.6 is 23.1 Å². The zero-order valence-electron chi connectivity index (χ0n) is 16.0. The van der Waals surface area contributed by atoms with Crippen molar-refractivity contribution >= 4 is 34.1 Å². The second kappa shape index (κ2) is 8.00. The Kier molecular flexibility index (Phi) is 5.45. The van der Waals surface area contributed by atoms with Crippen LogP contribution in [0.3, 0.4) is 0 Å². The molecule has 0 unspecified atom stereocenters. The van der Waals surface area contributed by atoms with Gasteiger partial charge in [0, 0.05) is 18.5 Å². The molecule has 1 aliphatic rings. The zero-order valence-corrected chi connectivity index (χ0v) is 17.6. The molecule has 28 heavy (non-hydrogen) atoms. The quantitative estimate of drug-likeness (QED) is 0.414. The van der Waals surface area contributed by atoms with E-state index in [1.54, 1.807) is 11.8 Å². The fourth-order valence-corrected chi connectivity index (χ4v) is 4.60. The Bertz CT molecular complexity index is 963. The number of thioether (sulfide) groups is 1. The number of aromatic nitrogens is 4. The van der Waals surface area contributed by atoms with Gasteiger partial charge in [0.05, 0.1) is 5.75 Å². The molecule has 0 bridgehead atoms. The molecule has 7 nitrogen and oxygen atoms in total. The summed E-state index contributed by atoms with van der Waals surface area (Å²) in [4.78, 5) is 18.1. The standard InChI is InChI=1S/C19H21N5O2S2/c1-11(2)13-4-6-14(7-5-13)17-20-16(26-23-17)10-27-19-22-21-18(28-19)24(12(3)25)15-8-9-15/h4-7,11,15H,8-10H2,1-3H3. The maximum absolute atomic E-state index is 11.8. The van der Waals surface area contributed by atoms with Crippen LogP contribution in [0, 0.1) is 0 Å². The molecule has 1 aromatic carbocycles. The predicted molar refractivity (Wildman–Crippen MR) is 109 cm³/mol. The van der Waals surface area contributed by atoms with Crippen LogP contribution in [0.1, 0.15) is 51.0 Å². The molecule has 1 fully saturated rings. The Morgan fingerprint density at radius 3 is 2.68 bits per heavy atom. The van der Waals surface area contributed by atoms with Gasteiger partial charge in [0.15, 0.2) is 4.34 Å². The lowest BCUT2D eigenvalue weighted by Crippen LogP contribution is -2.30. The molecule has 0 aliphatic heterocycles. The summed E-state index contributed by atoms with van der Waals surface area (Å²) in [7, 11) is 0. The summed E-state index contributed by atoms with van der Waals surface area (Å²) in [6.07, 6.45) is 2.06. The van der Waals surface area contributed by atoms with Crippen molar-refractivity contribution in [3.8, 4) is 11.4 Å². The number of benzene rings is 1. The first-order valence-electron chi connectivity index (χ1n) is 9.20. The van der Waals surface area contributed by atoms with E-state index < -0.39 is 0 Å². The van der Waals surface area contributed by atoms with Crippen molar-refractivity contribution in [2.24, 2.45) is 0 Å². The second-order valence-electron chi connectivity index (χ2n) is 7.05. The first-order valence-corrected chi connectivity index (χ1v) is 11.0. The number of hydrogen-bond acceptors (Lipinski definition) is 8. The van der Waals surface area contributed by atoms with E-state index in [-0.39, 0.29) is 11.9 Å². The van der Waals surface area contributed by atoms with Crippen molar-refractivity contribution in [3.63, 3.8) is 0 Å². The predicted octanol–water partition coefficient (Wildman–Crippen LogP) is 4.52. The summed E-state index contributed by atoms with van der Waals surface area (Å²) in [5.74, 6) is 2.13. The third kappa shape index (κ3) is 4.25. The minimum atomic E-state index is 0.0141. The molecule has 1 aliphatic carbocycles. The minimum absolute atomic E-state index is 0.0141. The van der Waals surface area contributed by atoms with E-state index in [1.807, 2.05) is 12.1 Å². The molecule has 1 saturated carbocycles. The molecular weight excluding hydrogens is 394 g/mol. The maximum Gasteiger partial charge on any atom is 0.237 e. The molecule has 146 valence electrons. The molecule has 2 aromatic heterocycles. The Hall–Kier alpha value is -2.26. The Morgan fingerprint density at radius 1 is 1.29 bits per heavy atom. The highest BCUT2D eigenvalue weighted by molar-refractivity contribution is 8.00. The van der Waals surface area contributed by atoms with Crippen molar-refractivity contribution in [1.82, 2.24) is 20.3 Å². The van der Waals surface area contributed by atoms with Crippen molar-refractivity contribution < 1.29 is 9.32 Å². The molecule has 0 N–H and O–H groups in total. The van der Waals surface area contributed by atoms with Crippen LogP contribution < -0.4 is 4.90 Å². The van der Waals surface area contributed by atoms with Crippen molar-refractivity contribution in [2.75, 3.05) is 4.90 Å². The average molecular weight is 416 g/mol. The third-order valence-electron chi connectivity index (χ3n) is 4.48. The van der Waals surface area contributed by atoms with Gasteiger partial charge in [0.1, 0.15) is 0 Å². The zero-order chi connectivity index (χ0) is 19.7. The van der Waals surface area contributed by atoms with Crippen LogP contribution in [0.15, 0.2) is 33.1 Å². The average Bonchev–Trinajstić information content (AvgIpc) is 3.19. The first kappa shape index (κ1) is 19.1. The monoisotopic (exact) mass is 415 g/mol. The van der Waals surface area contributed by atoms with Crippen molar-refractivity contribution in [1.29, 1.82) is 0 Å². The van der Waals surface area contributed by atoms with Gasteiger partial charge in [-0.2, -0.15) is 4.98 Å². The van der Waals surface area contributed by atoms with Gasteiger partial charge in [-0.1, -0.05) is 66.4 Å². The fourth-order valence-electron chi connectivity index (χ4n) is 2.81. The smallest absolute Gasteiger partial charge is 0.237 e. The summed E-state index contributed by atoms with van der Waals surface area (Å²) in [6, 6.07) is 8.50. The Labute approximate surface area is 171 Å². The molecule has 9 heteroatoms. The number of anilines is 1. The lowest BCUT2D eigenvalue weighted by Gasteiger charge is -2.15. The molecule has 2 heterocycles. The van der Waals surface area contributed by atoms with Crippen molar-refractivity contribution in [3.05, 3.63) is 35.7 Å². The molecule has 3 aromatic rings. The number of nitrogens with zero attached hydrogens (tertiary/aromatic N) is 5. The topological polar surface area (TPSA) is 85.0 Å².